The predicted molar refractivity (Wildman–Crippen MR) is 115 cm³/mol. The maximum absolute atomic E-state index is 13.0. The average molecular weight is 421 g/mol. The van der Waals surface area contributed by atoms with Gasteiger partial charge in [-0.1, -0.05) is 18.2 Å². The Morgan fingerprint density at radius 2 is 1.68 bits per heavy atom. The topological polar surface area (TPSA) is 108 Å². The summed E-state index contributed by atoms with van der Waals surface area (Å²) in [4.78, 5) is 39.9. The molecule has 1 saturated heterocycles. The van der Waals surface area contributed by atoms with Crippen molar-refractivity contribution in [2.24, 2.45) is 0 Å². The zero-order valence-electron chi connectivity index (χ0n) is 17.1. The van der Waals surface area contributed by atoms with E-state index in [-0.39, 0.29) is 11.8 Å². The highest BCUT2D eigenvalue weighted by Gasteiger charge is 2.28. The molecule has 1 atom stereocenters. The molecular formula is C22H23N5O4. The van der Waals surface area contributed by atoms with E-state index in [1.54, 1.807) is 57.9 Å². The van der Waals surface area contributed by atoms with Crippen LogP contribution in [0, 0.1) is 0 Å². The number of hydrogen-bond acceptors (Lipinski definition) is 4. The van der Waals surface area contributed by atoms with Crippen LogP contribution >= 0.6 is 0 Å². The minimum Gasteiger partial charge on any atom is -0.465 e. The summed E-state index contributed by atoms with van der Waals surface area (Å²) in [5.41, 5.74) is 1.77. The van der Waals surface area contributed by atoms with E-state index in [4.69, 9.17) is 5.11 Å². The van der Waals surface area contributed by atoms with Gasteiger partial charge in [-0.2, -0.15) is 5.10 Å². The number of carbonyl (C=O) groups excluding carboxylic acids is 2. The molecule has 0 saturated carbocycles. The quantitative estimate of drug-likeness (QED) is 0.673. The summed E-state index contributed by atoms with van der Waals surface area (Å²) < 4.78 is 1.60. The maximum Gasteiger partial charge on any atom is 0.409 e. The summed E-state index contributed by atoms with van der Waals surface area (Å²) in [5, 5.41) is 16.4. The van der Waals surface area contributed by atoms with E-state index in [2.05, 4.69) is 10.4 Å². The van der Waals surface area contributed by atoms with Crippen LogP contribution in [0.3, 0.4) is 0 Å². The van der Waals surface area contributed by atoms with Crippen LogP contribution in [0.4, 0.5) is 10.5 Å². The molecule has 4 rings (SSSR count). The Morgan fingerprint density at radius 1 is 1.00 bits per heavy atom. The van der Waals surface area contributed by atoms with Gasteiger partial charge in [0.05, 0.1) is 5.52 Å². The van der Waals surface area contributed by atoms with Crippen molar-refractivity contribution < 1.29 is 19.5 Å². The van der Waals surface area contributed by atoms with Gasteiger partial charge in [0, 0.05) is 49.0 Å². The van der Waals surface area contributed by atoms with E-state index in [0.717, 1.165) is 5.39 Å². The highest BCUT2D eigenvalue weighted by atomic mass is 16.4. The number of fused-ring (bicyclic) bond motifs is 1. The Hall–Kier alpha value is -3.88. The molecule has 1 unspecified atom stereocenters. The first-order valence-electron chi connectivity index (χ1n) is 10.0. The zero-order valence-corrected chi connectivity index (χ0v) is 17.1. The van der Waals surface area contributed by atoms with Crippen LogP contribution in [0.2, 0.25) is 0 Å². The second-order valence-electron chi connectivity index (χ2n) is 7.47. The Bertz CT molecular complexity index is 1120. The van der Waals surface area contributed by atoms with Crippen molar-refractivity contribution in [2.75, 3.05) is 31.5 Å². The molecule has 31 heavy (non-hydrogen) atoms. The minimum atomic E-state index is -1.14. The fourth-order valence-corrected chi connectivity index (χ4v) is 3.72. The number of anilines is 1. The van der Waals surface area contributed by atoms with Crippen molar-refractivity contribution in [3.63, 3.8) is 0 Å². The van der Waals surface area contributed by atoms with Gasteiger partial charge in [0.15, 0.2) is 0 Å². The molecule has 160 valence electrons. The van der Waals surface area contributed by atoms with Crippen molar-refractivity contribution in [1.29, 1.82) is 0 Å². The molecule has 0 radical (unpaired) electrons. The Balaban J connectivity index is 1.40. The number of amides is 3. The molecule has 9 nitrogen and oxygen atoms in total. The van der Waals surface area contributed by atoms with Gasteiger partial charge < -0.3 is 14.9 Å². The van der Waals surface area contributed by atoms with Crippen LogP contribution in [0.5, 0.6) is 0 Å². The molecule has 2 N–H and O–H groups in total. The SMILES string of the molecule is CC(C(=O)N1CCN(C(=O)c2ccccc2)CC1)n1cc2cc(NC(=O)O)ccc2n1. The smallest absolute Gasteiger partial charge is 0.409 e. The fourth-order valence-electron chi connectivity index (χ4n) is 3.72. The lowest BCUT2D eigenvalue weighted by Crippen LogP contribution is -2.51. The molecule has 0 aliphatic carbocycles. The van der Waals surface area contributed by atoms with Crippen molar-refractivity contribution >= 4 is 34.5 Å². The van der Waals surface area contributed by atoms with Crippen molar-refractivity contribution in [1.82, 2.24) is 19.6 Å². The third kappa shape index (κ3) is 4.35. The van der Waals surface area contributed by atoms with E-state index in [1.165, 1.54) is 0 Å². The van der Waals surface area contributed by atoms with Gasteiger partial charge in [-0.3, -0.25) is 19.6 Å². The first kappa shape index (κ1) is 20.4. The lowest BCUT2D eigenvalue weighted by Gasteiger charge is -2.36. The van der Waals surface area contributed by atoms with E-state index in [9.17, 15) is 14.4 Å². The summed E-state index contributed by atoms with van der Waals surface area (Å²) in [5.74, 6) is -0.0895. The highest BCUT2D eigenvalue weighted by molar-refractivity contribution is 5.94. The standard InChI is InChI=1S/C22H23N5O4/c1-15(27-14-17-13-18(23-22(30)31)7-8-19(17)24-27)20(28)25-9-11-26(12-10-25)21(29)16-5-3-2-4-6-16/h2-8,13-15,23H,9-12H2,1H3,(H,30,31). The molecular weight excluding hydrogens is 398 g/mol. The number of piperazine rings is 1. The molecule has 2 heterocycles. The summed E-state index contributed by atoms with van der Waals surface area (Å²) in [6, 6.07) is 13.6. The van der Waals surface area contributed by atoms with E-state index in [1.807, 2.05) is 18.2 Å². The zero-order chi connectivity index (χ0) is 22.0. The van der Waals surface area contributed by atoms with Gasteiger partial charge in [-0.05, 0) is 37.3 Å². The Labute approximate surface area is 178 Å². The number of benzene rings is 2. The minimum absolute atomic E-state index is 0.0233. The van der Waals surface area contributed by atoms with Crippen LogP contribution in [0.15, 0.2) is 54.7 Å². The molecule has 2 aromatic carbocycles. The van der Waals surface area contributed by atoms with Crippen molar-refractivity contribution in [3.8, 4) is 0 Å². The first-order valence-corrected chi connectivity index (χ1v) is 10.0. The van der Waals surface area contributed by atoms with Gasteiger partial charge in [-0.15, -0.1) is 0 Å². The molecule has 9 heteroatoms. The molecule has 3 amide bonds. The van der Waals surface area contributed by atoms with Crippen LogP contribution < -0.4 is 5.32 Å². The van der Waals surface area contributed by atoms with E-state index in [0.29, 0.717) is 42.9 Å². The Morgan fingerprint density at radius 3 is 2.35 bits per heavy atom. The summed E-state index contributed by atoms with van der Waals surface area (Å²) in [7, 11) is 0. The number of aromatic nitrogens is 2. The number of nitrogens with one attached hydrogen (secondary N) is 1. The third-order valence-corrected chi connectivity index (χ3v) is 5.43. The second-order valence-corrected chi connectivity index (χ2v) is 7.47. The molecule has 0 spiro atoms. The van der Waals surface area contributed by atoms with Gasteiger partial charge >= 0.3 is 6.09 Å². The summed E-state index contributed by atoms with van der Waals surface area (Å²) in [6.07, 6.45) is 0.597. The average Bonchev–Trinajstić information content (AvgIpc) is 3.21. The second kappa shape index (κ2) is 8.47. The van der Waals surface area contributed by atoms with Crippen LogP contribution in [-0.2, 0) is 4.79 Å². The largest absolute Gasteiger partial charge is 0.465 e. The number of rotatable bonds is 4. The number of carbonyl (C=O) groups is 3. The van der Waals surface area contributed by atoms with Crippen LogP contribution in [0.25, 0.3) is 10.9 Å². The van der Waals surface area contributed by atoms with Gasteiger partial charge in [0.25, 0.3) is 5.91 Å². The number of hydrogen-bond donors (Lipinski definition) is 2. The molecule has 3 aromatic rings. The van der Waals surface area contributed by atoms with Gasteiger partial charge in [-0.25, -0.2) is 4.79 Å². The summed E-state index contributed by atoms with van der Waals surface area (Å²) in [6.45, 7) is 3.69. The lowest BCUT2D eigenvalue weighted by molar-refractivity contribution is -0.136. The van der Waals surface area contributed by atoms with Crippen LogP contribution in [-0.4, -0.2) is 68.8 Å². The first-order chi connectivity index (χ1) is 14.9. The maximum atomic E-state index is 13.0. The number of carboxylic acid groups (broad SMARTS) is 1. The van der Waals surface area contributed by atoms with E-state index < -0.39 is 12.1 Å². The summed E-state index contributed by atoms with van der Waals surface area (Å²) >= 11 is 0. The molecule has 1 aliphatic heterocycles. The fraction of sp³-hybridized carbons (Fsp3) is 0.273. The lowest BCUT2D eigenvalue weighted by atomic mass is 10.1. The monoisotopic (exact) mass is 421 g/mol. The van der Waals surface area contributed by atoms with Gasteiger partial charge in [0.2, 0.25) is 5.91 Å². The molecule has 1 aromatic heterocycles. The van der Waals surface area contributed by atoms with Crippen molar-refractivity contribution in [2.45, 2.75) is 13.0 Å². The highest BCUT2D eigenvalue weighted by Crippen LogP contribution is 2.21. The molecule has 0 bridgehead atoms. The number of nitrogens with zero attached hydrogens (tertiary/aromatic N) is 4. The molecule has 1 aliphatic rings. The predicted octanol–water partition coefficient (Wildman–Crippen LogP) is 2.67. The van der Waals surface area contributed by atoms with Gasteiger partial charge in [0.1, 0.15) is 6.04 Å². The molecule has 1 fully saturated rings. The Kier molecular flexibility index (Phi) is 5.57. The normalized spacial score (nSPS) is 15.0. The third-order valence-electron chi connectivity index (χ3n) is 5.43. The van der Waals surface area contributed by atoms with Crippen molar-refractivity contribution in [3.05, 3.63) is 60.3 Å². The van der Waals surface area contributed by atoms with E-state index >= 15 is 0 Å². The van der Waals surface area contributed by atoms with Crippen LogP contribution in [0.1, 0.15) is 23.3 Å².